The number of para-hydroxylation sites is 1. The van der Waals surface area contributed by atoms with Crippen LogP contribution in [-0.2, 0) is 10.9 Å². The molecular weight excluding hydrogens is 393 g/mol. The maximum atomic E-state index is 13.3. The Morgan fingerprint density at radius 1 is 1.18 bits per heavy atom. The first kappa shape index (κ1) is 18.2. The van der Waals surface area contributed by atoms with E-state index in [4.69, 9.17) is 16.3 Å². The van der Waals surface area contributed by atoms with Crippen molar-refractivity contribution in [2.45, 2.75) is 13.1 Å². The minimum atomic E-state index is -4.67. The second-order valence-electron chi connectivity index (χ2n) is 6.05. The lowest BCUT2D eigenvalue weighted by atomic mass is 10.1. The molecule has 0 saturated carbocycles. The summed E-state index contributed by atoms with van der Waals surface area (Å²) in [5, 5.41) is 3.78. The molecule has 1 aliphatic rings. The number of fused-ring (bicyclic) bond motifs is 1. The third-order valence-electron chi connectivity index (χ3n) is 4.13. The number of ether oxygens (including phenoxy) is 1. The fourth-order valence-corrected chi connectivity index (χ4v) is 3.01. The van der Waals surface area contributed by atoms with Gasteiger partial charge in [0.2, 0.25) is 5.90 Å². The smallest absolute Gasteiger partial charge is 0.435 e. The van der Waals surface area contributed by atoms with Gasteiger partial charge in [-0.3, -0.25) is 0 Å². The number of nitrogens with zero attached hydrogens (tertiary/aromatic N) is 4. The average molecular weight is 405 g/mol. The Balaban J connectivity index is 1.95. The molecule has 3 aromatic rings. The minimum Gasteiger partial charge on any atom is -0.437 e. The Hall–Kier alpha value is -3.13. The maximum absolute atomic E-state index is 13.3. The van der Waals surface area contributed by atoms with E-state index >= 15 is 0 Å². The number of aryl methyl sites for hydroxylation is 1. The summed E-state index contributed by atoms with van der Waals surface area (Å²) in [6.07, 6.45) is -3.26. The zero-order valence-corrected chi connectivity index (χ0v) is 15.2. The third-order valence-corrected chi connectivity index (χ3v) is 4.42. The van der Waals surface area contributed by atoms with E-state index < -0.39 is 11.9 Å². The number of aromatic nitrogens is 3. The molecule has 0 spiro atoms. The molecule has 3 heterocycles. The number of halogens is 4. The topological polar surface area (TPSA) is 52.3 Å². The first-order valence-corrected chi connectivity index (χ1v) is 8.47. The molecule has 0 aliphatic carbocycles. The van der Waals surface area contributed by atoms with Gasteiger partial charge in [-0.1, -0.05) is 30.3 Å². The van der Waals surface area contributed by atoms with Gasteiger partial charge in [0.05, 0.1) is 10.7 Å². The normalized spacial score (nSPS) is 13.8. The molecule has 9 heteroatoms. The van der Waals surface area contributed by atoms with Gasteiger partial charge >= 0.3 is 6.18 Å². The monoisotopic (exact) mass is 404 g/mol. The van der Waals surface area contributed by atoms with Crippen LogP contribution in [0, 0.1) is 6.92 Å². The van der Waals surface area contributed by atoms with Crippen molar-refractivity contribution in [1.29, 1.82) is 0 Å². The van der Waals surface area contributed by atoms with E-state index in [2.05, 4.69) is 21.7 Å². The second-order valence-corrected chi connectivity index (χ2v) is 6.45. The molecule has 5 nitrogen and oxygen atoms in total. The highest BCUT2D eigenvalue weighted by Gasteiger charge is 2.37. The van der Waals surface area contributed by atoms with E-state index in [9.17, 15) is 13.2 Å². The molecule has 0 amide bonds. The summed E-state index contributed by atoms with van der Waals surface area (Å²) in [7, 11) is 0. The van der Waals surface area contributed by atoms with Crippen LogP contribution in [0.15, 0.2) is 54.2 Å². The molecule has 0 atom stereocenters. The molecule has 2 aromatic heterocycles. The summed E-state index contributed by atoms with van der Waals surface area (Å²) >= 11 is 6.13. The lowest BCUT2D eigenvalue weighted by molar-refractivity contribution is -0.141. The van der Waals surface area contributed by atoms with Gasteiger partial charge in [0.15, 0.2) is 11.5 Å². The zero-order valence-electron chi connectivity index (χ0n) is 14.5. The van der Waals surface area contributed by atoms with Gasteiger partial charge in [-0.05, 0) is 30.7 Å². The van der Waals surface area contributed by atoms with Crippen LogP contribution >= 0.6 is 11.6 Å². The average Bonchev–Trinajstić information content (AvgIpc) is 3.08. The number of alkyl halides is 3. The molecule has 4 rings (SSSR count). The van der Waals surface area contributed by atoms with Crippen molar-refractivity contribution in [3.8, 4) is 5.82 Å². The number of hydrogen-bond donors (Lipinski definition) is 0. The first-order chi connectivity index (χ1) is 13.3. The molecule has 0 saturated heterocycles. The van der Waals surface area contributed by atoms with Crippen LogP contribution in [0.1, 0.15) is 22.5 Å². The van der Waals surface area contributed by atoms with Crippen molar-refractivity contribution in [2.75, 3.05) is 0 Å². The summed E-state index contributed by atoms with van der Waals surface area (Å²) < 4.78 is 46.6. The maximum Gasteiger partial charge on any atom is 0.435 e. The van der Waals surface area contributed by atoms with E-state index in [0.29, 0.717) is 11.3 Å². The second kappa shape index (κ2) is 6.49. The molecule has 0 fully saturated rings. The third kappa shape index (κ3) is 3.05. The van der Waals surface area contributed by atoms with Crippen LogP contribution in [0.5, 0.6) is 0 Å². The molecule has 0 radical (unpaired) electrons. The van der Waals surface area contributed by atoms with Gasteiger partial charge < -0.3 is 4.74 Å². The van der Waals surface area contributed by atoms with Crippen LogP contribution in [-0.4, -0.2) is 20.7 Å². The number of rotatable bonds is 2. The van der Waals surface area contributed by atoms with Crippen LogP contribution in [0.2, 0.25) is 5.02 Å². The van der Waals surface area contributed by atoms with Crippen molar-refractivity contribution >= 4 is 28.9 Å². The highest BCUT2D eigenvalue weighted by molar-refractivity contribution is 6.32. The summed E-state index contributed by atoms with van der Waals surface area (Å²) in [6, 6.07) is 9.36. The Labute approximate surface area is 162 Å². The highest BCUT2D eigenvalue weighted by Crippen LogP contribution is 2.37. The molecule has 0 bridgehead atoms. The lowest BCUT2D eigenvalue weighted by Crippen LogP contribution is -2.16. The van der Waals surface area contributed by atoms with Gasteiger partial charge in [-0.15, -0.1) is 0 Å². The van der Waals surface area contributed by atoms with Crippen molar-refractivity contribution in [1.82, 2.24) is 14.8 Å². The molecule has 0 unspecified atom stereocenters. The standard InChI is InChI=1S/C19H12ClF3N4O/c1-10-5-3-6-12-11(2)28-18(25-16(10)12)14-9-15(19(21,22)23)26-27(14)17-13(20)7-4-8-24-17/h3-9H,2H2,1H3. The Morgan fingerprint density at radius 3 is 2.68 bits per heavy atom. The number of pyridine rings is 1. The van der Waals surface area contributed by atoms with Crippen molar-refractivity contribution < 1.29 is 17.9 Å². The van der Waals surface area contributed by atoms with Crippen LogP contribution in [0.4, 0.5) is 18.9 Å². The first-order valence-electron chi connectivity index (χ1n) is 8.09. The largest absolute Gasteiger partial charge is 0.437 e. The molecule has 28 heavy (non-hydrogen) atoms. The predicted molar refractivity (Wildman–Crippen MR) is 98.9 cm³/mol. The Bertz CT molecular complexity index is 1130. The highest BCUT2D eigenvalue weighted by atomic mass is 35.5. The van der Waals surface area contributed by atoms with Crippen LogP contribution in [0.3, 0.4) is 0 Å². The van der Waals surface area contributed by atoms with Gasteiger partial charge in [-0.2, -0.15) is 18.3 Å². The van der Waals surface area contributed by atoms with Gasteiger partial charge in [0.25, 0.3) is 0 Å². The van der Waals surface area contributed by atoms with Crippen molar-refractivity contribution in [3.05, 3.63) is 76.7 Å². The quantitative estimate of drug-likeness (QED) is 0.580. The SMILES string of the molecule is C=C1OC(c2cc(C(F)(F)F)nn2-c2ncccc2Cl)=Nc2c(C)cccc21. The fraction of sp³-hybridized carbons (Fsp3) is 0.105. The number of benzene rings is 1. The van der Waals surface area contributed by atoms with E-state index in [1.165, 1.54) is 12.3 Å². The summed E-state index contributed by atoms with van der Waals surface area (Å²) in [4.78, 5) is 8.46. The Kier molecular flexibility index (Phi) is 4.23. The lowest BCUT2D eigenvalue weighted by Gasteiger charge is -2.20. The van der Waals surface area contributed by atoms with Gasteiger partial charge in [-0.25, -0.2) is 14.7 Å². The van der Waals surface area contributed by atoms with Gasteiger partial charge in [0, 0.05) is 17.8 Å². The predicted octanol–water partition coefficient (Wildman–Crippen LogP) is 5.33. The molecular formula is C19H12ClF3N4O. The fourth-order valence-electron chi connectivity index (χ4n) is 2.80. The number of aliphatic imine (C=N–C) groups is 1. The minimum absolute atomic E-state index is 0.0298. The van der Waals surface area contributed by atoms with Crippen LogP contribution < -0.4 is 0 Å². The summed E-state index contributed by atoms with van der Waals surface area (Å²) in [5.41, 5.74) is 0.918. The van der Waals surface area contributed by atoms with Crippen LogP contribution in [0.25, 0.3) is 11.6 Å². The Morgan fingerprint density at radius 2 is 1.96 bits per heavy atom. The number of hydrogen-bond acceptors (Lipinski definition) is 4. The molecule has 1 aliphatic heterocycles. The van der Waals surface area contributed by atoms with Crippen molar-refractivity contribution in [3.63, 3.8) is 0 Å². The van der Waals surface area contributed by atoms with Gasteiger partial charge in [0.1, 0.15) is 11.5 Å². The molecule has 0 N–H and O–H groups in total. The summed E-state index contributed by atoms with van der Waals surface area (Å²) in [5.74, 6) is 0.232. The molecule has 1 aromatic carbocycles. The zero-order chi connectivity index (χ0) is 20.1. The summed E-state index contributed by atoms with van der Waals surface area (Å²) in [6.45, 7) is 5.69. The molecule has 142 valence electrons. The van der Waals surface area contributed by atoms with E-state index in [1.807, 2.05) is 19.1 Å². The van der Waals surface area contributed by atoms with E-state index in [0.717, 1.165) is 16.3 Å². The van der Waals surface area contributed by atoms with E-state index in [-0.39, 0.29) is 28.2 Å². The van der Waals surface area contributed by atoms with E-state index in [1.54, 1.807) is 12.1 Å². The van der Waals surface area contributed by atoms with Crippen molar-refractivity contribution in [2.24, 2.45) is 4.99 Å².